The lowest BCUT2D eigenvalue weighted by Crippen LogP contribution is -2.22. The fourth-order valence-electron chi connectivity index (χ4n) is 3.89. The molecule has 5 aromatic rings. The third kappa shape index (κ3) is 8.75. The number of hydrogen-bond donors (Lipinski definition) is 4. The minimum absolute atomic E-state index is 0.139. The van der Waals surface area contributed by atoms with Crippen LogP contribution in [0.2, 0.25) is 0 Å². The van der Waals surface area contributed by atoms with Crippen LogP contribution in [-0.4, -0.2) is 71.8 Å². The van der Waals surface area contributed by atoms with Crippen LogP contribution in [0.4, 0.5) is 29.6 Å². The zero-order chi connectivity index (χ0) is 32.6. The van der Waals surface area contributed by atoms with Crippen molar-refractivity contribution < 1.29 is 41.8 Å². The molecular weight excluding hydrogens is 603 g/mol. The largest absolute Gasteiger partial charge is 0.490 e. The summed E-state index contributed by atoms with van der Waals surface area (Å²) in [6.07, 6.45) is 1.04. The third-order valence-corrected chi connectivity index (χ3v) is 5.95. The molecule has 238 valence electrons. The number of aryl methyl sites for hydroxylation is 1. The standard InChI is InChI=1S/C25H27N9O4.C2HF3O2/c1-33-15-18-21(31-33)29-24(34-23(18)28-22(32-34)19-6-5-13-37-19)30-25(36)27-17-9-7-16(8-10-17)14-20(35)38-12-4-2-3-11-26;3-2(4,5)1(6)7/h5-10,13,15H,2-4,11-12,14,26H2,1H3,(H2,27,29,30,31,36);(H,6,7). The molecule has 2 amide bonds. The van der Waals surface area contributed by atoms with Gasteiger partial charge in [0.25, 0.3) is 0 Å². The lowest BCUT2D eigenvalue weighted by molar-refractivity contribution is -0.192. The Balaban J connectivity index is 0.000000591. The van der Waals surface area contributed by atoms with Crippen LogP contribution in [0.3, 0.4) is 0 Å². The van der Waals surface area contributed by atoms with Crippen LogP contribution in [0.1, 0.15) is 24.8 Å². The van der Waals surface area contributed by atoms with E-state index in [9.17, 15) is 22.8 Å². The zero-order valence-corrected chi connectivity index (χ0v) is 23.7. The molecule has 45 heavy (non-hydrogen) atoms. The van der Waals surface area contributed by atoms with Crippen molar-refractivity contribution in [2.24, 2.45) is 12.8 Å². The van der Waals surface area contributed by atoms with Gasteiger partial charge in [-0.1, -0.05) is 12.1 Å². The number of aliphatic carboxylic acids is 1. The van der Waals surface area contributed by atoms with Gasteiger partial charge in [0.05, 0.1) is 24.7 Å². The van der Waals surface area contributed by atoms with E-state index in [0.29, 0.717) is 47.1 Å². The number of anilines is 2. The smallest absolute Gasteiger partial charge is 0.475 e. The van der Waals surface area contributed by atoms with Crippen LogP contribution >= 0.6 is 0 Å². The number of nitrogens with one attached hydrogen (secondary N) is 2. The Morgan fingerprint density at radius 2 is 1.78 bits per heavy atom. The van der Waals surface area contributed by atoms with Crippen molar-refractivity contribution in [1.82, 2.24) is 29.4 Å². The van der Waals surface area contributed by atoms with E-state index in [-0.39, 0.29) is 18.3 Å². The second-order valence-corrected chi connectivity index (χ2v) is 9.45. The monoisotopic (exact) mass is 631 g/mol. The van der Waals surface area contributed by atoms with Crippen LogP contribution in [0.25, 0.3) is 28.3 Å². The molecule has 0 saturated carbocycles. The molecule has 0 radical (unpaired) electrons. The van der Waals surface area contributed by atoms with Crippen molar-refractivity contribution in [2.45, 2.75) is 31.9 Å². The van der Waals surface area contributed by atoms with E-state index < -0.39 is 18.2 Å². The molecule has 1 aromatic carbocycles. The number of amides is 2. The molecule has 0 aliphatic heterocycles. The lowest BCUT2D eigenvalue weighted by Gasteiger charge is -2.09. The number of furan rings is 1. The molecular formula is C27H28F3N9O6. The number of carboxylic acid groups (broad SMARTS) is 1. The molecule has 4 heterocycles. The highest BCUT2D eigenvalue weighted by atomic mass is 19.4. The SMILES string of the molecule is Cn1cc2c(nc(NC(=O)Nc3ccc(CC(=O)OCCCCCN)cc3)n3nc(-c4ccco4)nc23)n1.O=C(O)C(F)(F)F. The molecule has 0 atom stereocenters. The zero-order valence-electron chi connectivity index (χ0n) is 23.7. The summed E-state index contributed by atoms with van der Waals surface area (Å²) in [5.74, 6) is -2.08. The second-order valence-electron chi connectivity index (χ2n) is 9.45. The number of nitrogens with zero attached hydrogens (tertiary/aromatic N) is 6. The first-order chi connectivity index (χ1) is 21.4. The third-order valence-electron chi connectivity index (χ3n) is 5.95. The molecule has 0 spiro atoms. The molecule has 0 aliphatic rings. The Morgan fingerprint density at radius 3 is 2.42 bits per heavy atom. The van der Waals surface area contributed by atoms with Crippen molar-refractivity contribution in [2.75, 3.05) is 23.8 Å². The van der Waals surface area contributed by atoms with Gasteiger partial charge in [-0.3, -0.25) is 14.8 Å². The number of carbonyl (C=O) groups excluding carboxylic acids is 2. The Morgan fingerprint density at radius 1 is 1.04 bits per heavy atom. The number of alkyl halides is 3. The van der Waals surface area contributed by atoms with E-state index in [1.807, 2.05) is 0 Å². The van der Waals surface area contributed by atoms with Crippen molar-refractivity contribution in [3.05, 3.63) is 54.4 Å². The average Bonchev–Trinajstić information content (AvgIpc) is 3.73. The fraction of sp³-hybridized carbons (Fsp3) is 0.296. The number of fused-ring (bicyclic) bond motifs is 3. The molecule has 15 nitrogen and oxygen atoms in total. The first-order valence-electron chi connectivity index (χ1n) is 13.4. The molecule has 0 fully saturated rings. The van der Waals surface area contributed by atoms with Gasteiger partial charge < -0.3 is 25.3 Å². The first kappa shape index (κ1) is 32.4. The van der Waals surface area contributed by atoms with Gasteiger partial charge in [0.1, 0.15) is 0 Å². The maximum atomic E-state index is 12.8. The number of benzene rings is 1. The highest BCUT2D eigenvalue weighted by Gasteiger charge is 2.38. The predicted octanol–water partition coefficient (Wildman–Crippen LogP) is 3.76. The van der Waals surface area contributed by atoms with Crippen molar-refractivity contribution in [1.29, 1.82) is 0 Å². The van der Waals surface area contributed by atoms with Crippen LogP contribution in [0.5, 0.6) is 0 Å². The molecule has 0 unspecified atom stereocenters. The predicted molar refractivity (Wildman–Crippen MR) is 153 cm³/mol. The quantitative estimate of drug-likeness (QED) is 0.129. The Kier molecular flexibility index (Phi) is 10.3. The summed E-state index contributed by atoms with van der Waals surface area (Å²) in [7, 11) is 1.77. The summed E-state index contributed by atoms with van der Waals surface area (Å²) in [5.41, 5.74) is 7.65. The highest BCUT2D eigenvalue weighted by Crippen LogP contribution is 2.24. The minimum atomic E-state index is -5.08. The molecule has 5 N–H and O–H groups in total. The number of unbranched alkanes of at least 4 members (excludes halogenated alkanes) is 2. The summed E-state index contributed by atoms with van der Waals surface area (Å²) in [5, 5.41) is 22.1. The molecule has 0 bridgehead atoms. The topological polar surface area (TPSA) is 205 Å². The van der Waals surface area contributed by atoms with Gasteiger partial charge in [0, 0.05) is 18.9 Å². The van der Waals surface area contributed by atoms with Crippen molar-refractivity contribution in [3.63, 3.8) is 0 Å². The van der Waals surface area contributed by atoms with Crippen LogP contribution in [-0.2, 0) is 27.8 Å². The van der Waals surface area contributed by atoms with E-state index in [1.165, 1.54) is 10.8 Å². The highest BCUT2D eigenvalue weighted by molar-refractivity contribution is 6.00. The van der Waals surface area contributed by atoms with Crippen LogP contribution in [0, 0.1) is 0 Å². The van der Waals surface area contributed by atoms with Gasteiger partial charge >= 0.3 is 24.1 Å². The Labute approximate surface area is 252 Å². The van der Waals surface area contributed by atoms with Crippen LogP contribution < -0.4 is 16.4 Å². The Bertz CT molecular complexity index is 1770. The number of esters is 1. The molecule has 0 saturated heterocycles. The van der Waals surface area contributed by atoms with Gasteiger partial charge in [0.15, 0.2) is 17.1 Å². The van der Waals surface area contributed by atoms with E-state index >= 15 is 0 Å². The fourth-order valence-corrected chi connectivity index (χ4v) is 3.89. The normalized spacial score (nSPS) is 11.2. The van der Waals surface area contributed by atoms with Crippen LogP contribution in [0.15, 0.2) is 53.3 Å². The number of hydrogen-bond acceptors (Lipinski definition) is 10. The summed E-state index contributed by atoms with van der Waals surface area (Å²) in [6.45, 7) is 1.03. The van der Waals surface area contributed by atoms with Gasteiger partial charge in [-0.2, -0.15) is 27.8 Å². The summed E-state index contributed by atoms with van der Waals surface area (Å²) in [4.78, 5) is 42.8. The van der Waals surface area contributed by atoms with Gasteiger partial charge in [-0.05, 0) is 55.6 Å². The number of halogens is 3. The molecule has 5 rings (SSSR count). The number of urea groups is 1. The van der Waals surface area contributed by atoms with Gasteiger partial charge in [-0.25, -0.2) is 14.6 Å². The first-order valence-corrected chi connectivity index (χ1v) is 13.4. The van der Waals surface area contributed by atoms with Crippen molar-refractivity contribution >= 4 is 46.3 Å². The maximum absolute atomic E-state index is 12.8. The number of carboxylic acids is 1. The van der Waals surface area contributed by atoms with E-state index in [1.54, 1.807) is 54.3 Å². The second kappa shape index (κ2) is 14.3. The van der Waals surface area contributed by atoms with Gasteiger partial charge in [0.2, 0.25) is 11.8 Å². The number of nitrogens with two attached hydrogens (primary N) is 1. The molecule has 0 aliphatic carbocycles. The molecule has 4 aromatic heterocycles. The van der Waals surface area contributed by atoms with Gasteiger partial charge in [-0.15, -0.1) is 5.10 Å². The average molecular weight is 632 g/mol. The van der Waals surface area contributed by atoms with E-state index in [4.69, 9.17) is 24.8 Å². The number of ether oxygens (including phenoxy) is 1. The Hall–Kier alpha value is -5.52. The number of carbonyl (C=O) groups is 3. The van der Waals surface area contributed by atoms with E-state index in [0.717, 1.165) is 24.8 Å². The van der Waals surface area contributed by atoms with Crippen molar-refractivity contribution in [3.8, 4) is 11.6 Å². The summed E-state index contributed by atoms with van der Waals surface area (Å²) in [6, 6.07) is 9.88. The molecule has 18 heteroatoms. The van der Waals surface area contributed by atoms with E-state index in [2.05, 4.69) is 30.8 Å². The maximum Gasteiger partial charge on any atom is 0.490 e. The summed E-state index contributed by atoms with van der Waals surface area (Å²) >= 11 is 0. The summed E-state index contributed by atoms with van der Waals surface area (Å²) < 4.78 is 45.5. The lowest BCUT2D eigenvalue weighted by atomic mass is 10.1. The minimum Gasteiger partial charge on any atom is -0.475 e. The number of rotatable bonds is 10. The number of aromatic nitrogens is 6.